The smallest absolute Gasteiger partial charge is 0.268 e. The Morgan fingerprint density at radius 1 is 0.403 bits per heavy atom. The van der Waals surface area contributed by atoms with Crippen molar-refractivity contribution in [2.45, 2.75) is 392 Å². The molecule has 0 saturated carbocycles. The molecule has 2 N–H and O–H groups in total. The van der Waals surface area contributed by atoms with E-state index in [9.17, 15) is 19.4 Å². The highest BCUT2D eigenvalue weighted by Crippen LogP contribution is 2.38. The maximum Gasteiger partial charge on any atom is 0.268 e. The predicted molar refractivity (Wildman–Crippen MR) is 335 cm³/mol. The number of phosphoric acid groups is 1. The summed E-state index contributed by atoms with van der Waals surface area (Å²) in [5.41, 5.74) is 0. The Morgan fingerprint density at radius 2 is 0.636 bits per heavy atom. The number of phosphoric ester groups is 1. The van der Waals surface area contributed by atoms with Crippen LogP contribution in [-0.2, 0) is 18.4 Å². The molecule has 0 aliphatic carbocycles. The Hall–Kier alpha value is -0.500. The molecule has 0 aromatic carbocycles. The van der Waals surface area contributed by atoms with Crippen LogP contribution >= 0.6 is 7.82 Å². The summed E-state index contributed by atoms with van der Waals surface area (Å²) in [5.74, 6) is -0.153. The molecule has 1 amide bonds. The first-order valence-electron chi connectivity index (χ1n) is 34.9. The third-order valence-electron chi connectivity index (χ3n) is 16.6. The Bertz CT molecular complexity index is 1220. The van der Waals surface area contributed by atoms with Crippen LogP contribution in [0.5, 0.6) is 0 Å². The van der Waals surface area contributed by atoms with Crippen molar-refractivity contribution in [2.75, 3.05) is 40.9 Å². The molecule has 0 rings (SSSR count). The molecule has 3 unspecified atom stereocenters. The fourth-order valence-electron chi connectivity index (χ4n) is 11.2. The Morgan fingerprint density at radius 3 is 0.883 bits per heavy atom. The highest BCUT2D eigenvalue weighted by molar-refractivity contribution is 7.45. The number of unbranched alkanes of at least 4 members (excludes halogenated alkanes) is 53. The van der Waals surface area contributed by atoms with Gasteiger partial charge in [0, 0.05) is 6.42 Å². The molecule has 0 aromatic rings. The molecule has 3 atom stereocenters. The molecular formula is C68H139N2O6P. The van der Waals surface area contributed by atoms with Gasteiger partial charge in [0.05, 0.1) is 39.9 Å². The van der Waals surface area contributed by atoms with Gasteiger partial charge in [-0.3, -0.25) is 9.36 Å². The standard InChI is InChI=1S/C68H139N2O6P/c1-6-8-10-12-14-16-18-20-22-24-26-28-30-32-34-35-36-37-39-41-43-45-47-49-51-53-55-57-59-61-67(71)66(65-76-77(73,74)75-64-63-70(3,4)5)69-68(72)62-60-58-56-54-52-50-48-46-44-42-40-38-33-31-29-27-25-23-21-19-17-15-13-11-9-7-2/h66-67,71H,6-65H2,1-5H3,(H-,69,72,73,74). The van der Waals surface area contributed by atoms with Crippen LogP contribution in [-0.4, -0.2) is 68.5 Å². The normalized spacial score (nSPS) is 13.6. The number of aliphatic hydroxyl groups excluding tert-OH is 1. The van der Waals surface area contributed by atoms with Crippen LogP contribution < -0.4 is 10.2 Å². The summed E-state index contributed by atoms with van der Waals surface area (Å²) in [5, 5.41) is 14.1. The third kappa shape index (κ3) is 62.9. The number of hydrogen-bond donors (Lipinski definition) is 2. The lowest BCUT2D eigenvalue weighted by Crippen LogP contribution is -2.46. The van der Waals surface area contributed by atoms with Crippen molar-refractivity contribution in [2.24, 2.45) is 0 Å². The molecule has 0 aliphatic rings. The lowest BCUT2D eigenvalue weighted by atomic mass is 10.0. The second-order valence-corrected chi connectivity index (χ2v) is 27.0. The number of nitrogens with one attached hydrogen (secondary N) is 1. The van der Waals surface area contributed by atoms with Crippen molar-refractivity contribution in [1.82, 2.24) is 5.32 Å². The van der Waals surface area contributed by atoms with Crippen molar-refractivity contribution in [3.8, 4) is 0 Å². The Labute approximate surface area is 482 Å². The van der Waals surface area contributed by atoms with Crippen LogP contribution in [0.4, 0.5) is 0 Å². The quantitative estimate of drug-likeness (QED) is 0.0357. The van der Waals surface area contributed by atoms with E-state index in [1.807, 2.05) is 21.1 Å². The van der Waals surface area contributed by atoms with E-state index in [2.05, 4.69) is 19.2 Å². The van der Waals surface area contributed by atoms with Crippen LogP contribution in [0.2, 0.25) is 0 Å². The summed E-state index contributed by atoms with van der Waals surface area (Å²) in [6, 6.07) is -0.797. The highest BCUT2D eigenvalue weighted by atomic mass is 31.2. The van der Waals surface area contributed by atoms with E-state index >= 15 is 0 Å². The molecule has 462 valence electrons. The third-order valence-corrected chi connectivity index (χ3v) is 17.6. The molecule has 0 radical (unpaired) electrons. The fraction of sp³-hybridized carbons (Fsp3) is 0.985. The Kier molecular flexibility index (Phi) is 59.7. The molecule has 9 heteroatoms. The number of likely N-dealkylation sites (N-methyl/N-ethyl adjacent to an activating group) is 1. The fourth-order valence-corrected chi connectivity index (χ4v) is 11.9. The number of carbonyl (C=O) groups excluding carboxylic acids is 1. The van der Waals surface area contributed by atoms with Gasteiger partial charge >= 0.3 is 0 Å². The first-order valence-corrected chi connectivity index (χ1v) is 36.3. The van der Waals surface area contributed by atoms with Crippen LogP contribution in [0.15, 0.2) is 0 Å². The van der Waals surface area contributed by atoms with E-state index in [1.54, 1.807) is 0 Å². The maximum absolute atomic E-state index is 13.1. The summed E-state index contributed by atoms with van der Waals surface area (Å²) in [7, 11) is 1.33. The van der Waals surface area contributed by atoms with E-state index in [-0.39, 0.29) is 19.1 Å². The van der Waals surface area contributed by atoms with E-state index in [4.69, 9.17) is 9.05 Å². The molecule has 77 heavy (non-hydrogen) atoms. The zero-order valence-corrected chi connectivity index (χ0v) is 53.9. The molecule has 0 spiro atoms. The van der Waals surface area contributed by atoms with Gasteiger partial charge in [0.2, 0.25) is 5.91 Å². The van der Waals surface area contributed by atoms with Crippen molar-refractivity contribution < 1.29 is 32.9 Å². The Balaban J connectivity index is 3.99. The van der Waals surface area contributed by atoms with Crippen molar-refractivity contribution in [3.63, 3.8) is 0 Å². The first-order chi connectivity index (χ1) is 37.5. The summed E-state index contributed by atoms with van der Waals surface area (Å²) >= 11 is 0. The van der Waals surface area contributed by atoms with Crippen LogP contribution in [0, 0.1) is 0 Å². The number of amides is 1. The van der Waals surface area contributed by atoms with E-state index in [0.717, 1.165) is 38.5 Å². The summed E-state index contributed by atoms with van der Waals surface area (Å²) in [4.78, 5) is 25.7. The van der Waals surface area contributed by atoms with Crippen molar-refractivity contribution in [1.29, 1.82) is 0 Å². The van der Waals surface area contributed by atoms with Gasteiger partial charge in [-0.25, -0.2) is 0 Å². The average molecular weight is 1110 g/mol. The maximum atomic E-state index is 13.1. The first kappa shape index (κ1) is 76.5. The van der Waals surface area contributed by atoms with E-state index in [0.29, 0.717) is 23.9 Å². The van der Waals surface area contributed by atoms with Gasteiger partial charge < -0.3 is 28.8 Å². The molecule has 0 saturated heterocycles. The van der Waals surface area contributed by atoms with Crippen LogP contribution in [0.3, 0.4) is 0 Å². The molecule has 0 aliphatic heterocycles. The number of rotatable bonds is 66. The lowest BCUT2D eigenvalue weighted by Gasteiger charge is -2.30. The van der Waals surface area contributed by atoms with Crippen molar-refractivity contribution >= 4 is 13.7 Å². The van der Waals surface area contributed by atoms with Gasteiger partial charge in [-0.05, 0) is 12.8 Å². The summed E-state index contributed by atoms with van der Waals surface area (Å²) in [6.45, 7) is 4.80. The second kappa shape index (κ2) is 60.1. The largest absolute Gasteiger partial charge is 0.756 e. The lowest BCUT2D eigenvalue weighted by molar-refractivity contribution is -0.870. The zero-order valence-electron chi connectivity index (χ0n) is 53.0. The minimum Gasteiger partial charge on any atom is -0.756 e. The zero-order chi connectivity index (χ0) is 56.3. The van der Waals surface area contributed by atoms with Crippen LogP contribution in [0.25, 0.3) is 0 Å². The average Bonchev–Trinajstić information content (AvgIpc) is 3.39. The second-order valence-electron chi connectivity index (χ2n) is 25.6. The topological polar surface area (TPSA) is 108 Å². The highest BCUT2D eigenvalue weighted by Gasteiger charge is 2.24. The molecule has 0 bridgehead atoms. The molecule has 0 aromatic heterocycles. The van der Waals surface area contributed by atoms with E-state index < -0.39 is 20.0 Å². The number of hydrogen-bond acceptors (Lipinski definition) is 6. The van der Waals surface area contributed by atoms with Gasteiger partial charge in [-0.2, -0.15) is 0 Å². The summed E-state index contributed by atoms with van der Waals surface area (Å²) in [6.07, 6.45) is 74.7. The number of carbonyl (C=O) groups is 1. The minimum absolute atomic E-state index is 0.0170. The minimum atomic E-state index is -4.57. The number of aliphatic hydroxyl groups is 1. The van der Waals surface area contributed by atoms with Crippen molar-refractivity contribution in [3.05, 3.63) is 0 Å². The SMILES string of the molecule is CCCCCCCCCCCCCCCCCCCCCCCCCCCCCCCC(O)C(COP(=O)([O-])OCC[N+](C)(C)C)NC(=O)CCCCCCCCCCCCCCCCCCCCCCCCCCCC. The monoisotopic (exact) mass is 1110 g/mol. The molecule has 0 heterocycles. The van der Waals surface area contributed by atoms with E-state index in [1.165, 1.54) is 315 Å². The van der Waals surface area contributed by atoms with Gasteiger partial charge in [0.1, 0.15) is 13.2 Å². The van der Waals surface area contributed by atoms with Gasteiger partial charge in [-0.15, -0.1) is 0 Å². The molecular weight excluding hydrogens is 972 g/mol. The summed E-state index contributed by atoms with van der Waals surface area (Å²) < 4.78 is 23.5. The number of quaternary nitrogens is 1. The van der Waals surface area contributed by atoms with Crippen LogP contribution in [0.1, 0.15) is 380 Å². The number of nitrogens with zero attached hydrogens (tertiary/aromatic N) is 1. The van der Waals surface area contributed by atoms with Gasteiger partial charge in [0.25, 0.3) is 7.82 Å². The molecule has 0 fully saturated rings. The predicted octanol–water partition coefficient (Wildman–Crippen LogP) is 21.3. The molecule has 8 nitrogen and oxygen atoms in total. The van der Waals surface area contributed by atoms with Gasteiger partial charge in [-0.1, -0.05) is 361 Å². The van der Waals surface area contributed by atoms with Gasteiger partial charge in [0.15, 0.2) is 0 Å².